The predicted molar refractivity (Wildman–Crippen MR) is 97.3 cm³/mol. The highest BCUT2D eigenvalue weighted by Gasteiger charge is 2.59. The van der Waals surface area contributed by atoms with Crippen molar-refractivity contribution in [2.45, 2.75) is 82.6 Å². The summed E-state index contributed by atoms with van der Waals surface area (Å²) in [7, 11) is -6.55. The van der Waals surface area contributed by atoms with E-state index in [2.05, 4.69) is 27.7 Å². The summed E-state index contributed by atoms with van der Waals surface area (Å²) >= 11 is 0. The summed E-state index contributed by atoms with van der Waals surface area (Å²) in [5, 5.41) is 0. The third kappa shape index (κ3) is 9.34. The van der Waals surface area contributed by atoms with Crippen LogP contribution in [0.25, 0.3) is 0 Å². The normalized spacial score (nSPS) is 19.7. The van der Waals surface area contributed by atoms with E-state index in [-0.39, 0.29) is 0 Å². The summed E-state index contributed by atoms with van der Waals surface area (Å²) in [6.07, 6.45) is -30.2. The Balaban J connectivity index is 0. The van der Waals surface area contributed by atoms with Crippen LogP contribution in [0.1, 0.15) is 27.7 Å². The molecule has 0 radical (unpaired) electrons. The zero-order valence-corrected chi connectivity index (χ0v) is 19.0. The van der Waals surface area contributed by atoms with Crippen molar-refractivity contribution in [3.63, 3.8) is 0 Å². The van der Waals surface area contributed by atoms with Gasteiger partial charge < -0.3 is 9.04 Å². The van der Waals surface area contributed by atoms with Crippen molar-refractivity contribution in [2.75, 3.05) is 26.2 Å². The Bertz CT molecular complexity index is 635. The van der Waals surface area contributed by atoms with Gasteiger partial charge in [0.15, 0.2) is 30.9 Å². The average Bonchev–Trinajstić information content (AvgIpc) is 2.76. The van der Waals surface area contributed by atoms with Crippen LogP contribution in [0.2, 0.25) is 0 Å². The molecule has 0 heterocycles. The second kappa shape index (κ2) is 13.9. The molecule has 0 fully saturated rings. The van der Waals surface area contributed by atoms with Gasteiger partial charge in [-0.2, -0.15) is 8.78 Å². The maximum Gasteiger partial charge on any atom is 0.325 e. The lowest BCUT2D eigenvalue weighted by Gasteiger charge is -2.34. The first-order chi connectivity index (χ1) is 14.8. The summed E-state index contributed by atoms with van der Waals surface area (Å²) in [6.45, 7) is 14.2. The van der Waals surface area contributed by atoms with Crippen LogP contribution in [0.3, 0.4) is 0 Å². The smallest absolute Gasteiger partial charge is 0.325 e. The molecule has 0 rings (SSSR count). The van der Waals surface area contributed by atoms with Gasteiger partial charge in [-0.3, -0.25) is 0 Å². The van der Waals surface area contributed by atoms with E-state index in [1.54, 1.807) is 0 Å². The molecule has 0 aromatic carbocycles. The fourth-order valence-electron chi connectivity index (χ4n) is 2.70. The van der Waals surface area contributed by atoms with Crippen LogP contribution < -0.4 is 0 Å². The Morgan fingerprint density at radius 2 is 0.970 bits per heavy atom. The molecule has 0 aromatic rings. The second-order valence-electron chi connectivity index (χ2n) is 7.05. The highest BCUT2D eigenvalue weighted by molar-refractivity contribution is 7.86. The molecule has 0 saturated carbocycles. The van der Waals surface area contributed by atoms with Crippen molar-refractivity contribution in [1.82, 2.24) is 0 Å². The minimum Gasteiger partial charge on any atom is -0.746 e. The van der Waals surface area contributed by atoms with Gasteiger partial charge >= 0.3 is 5.92 Å². The molecule has 7 atom stereocenters. The standard InChI is InChI=1S/C9H9F11O3S.C8H20N/c10-1(3(12)5(14)7(16)17)2(11)4(13)6(15)9(19,20)8(18)24(21,22)23;1-5-9(6-2,7-3)8-4/h1-8H,(H,21,22,23);5-8H2,1-4H3/q;+1/p-1. The molecule has 0 aromatic heterocycles. The Labute approximate surface area is 185 Å². The topological polar surface area (TPSA) is 57.2 Å². The Morgan fingerprint density at radius 3 is 1.21 bits per heavy atom. The summed E-state index contributed by atoms with van der Waals surface area (Å²) in [4.78, 5) is 0. The first kappa shape index (κ1) is 34.3. The van der Waals surface area contributed by atoms with Crippen molar-refractivity contribution in [3.8, 4) is 0 Å². The van der Waals surface area contributed by atoms with E-state index < -0.39 is 65.0 Å². The van der Waals surface area contributed by atoms with Gasteiger partial charge in [-0.25, -0.2) is 47.9 Å². The predicted octanol–water partition coefficient (Wildman–Crippen LogP) is 4.64. The van der Waals surface area contributed by atoms with Crippen molar-refractivity contribution in [1.29, 1.82) is 0 Å². The van der Waals surface area contributed by atoms with Crippen LogP contribution in [-0.4, -0.2) is 98.5 Å². The van der Waals surface area contributed by atoms with Crippen molar-refractivity contribution in [3.05, 3.63) is 0 Å². The Hall–Kier alpha value is -0.900. The van der Waals surface area contributed by atoms with Gasteiger partial charge in [-0.05, 0) is 27.7 Å². The van der Waals surface area contributed by atoms with Gasteiger partial charge in [0.25, 0.3) is 11.9 Å². The van der Waals surface area contributed by atoms with E-state index in [1.807, 2.05) is 0 Å². The lowest BCUT2D eigenvalue weighted by atomic mass is 9.99. The van der Waals surface area contributed by atoms with Crippen LogP contribution in [-0.2, 0) is 10.1 Å². The number of quaternary nitrogens is 1. The maximum atomic E-state index is 13.1. The van der Waals surface area contributed by atoms with Crippen LogP contribution in [0, 0.1) is 0 Å². The monoisotopic (exact) mass is 535 g/mol. The summed E-state index contributed by atoms with van der Waals surface area (Å²) in [5.41, 5.74) is -4.90. The summed E-state index contributed by atoms with van der Waals surface area (Å²) < 4.78 is 171. The van der Waals surface area contributed by atoms with E-state index in [9.17, 15) is 61.3 Å². The average molecular weight is 535 g/mol. The maximum absolute atomic E-state index is 13.1. The molecule has 202 valence electrons. The van der Waals surface area contributed by atoms with E-state index in [0.29, 0.717) is 0 Å². The largest absolute Gasteiger partial charge is 0.746 e. The summed E-state index contributed by atoms with van der Waals surface area (Å²) in [5.74, 6) is -6.02. The van der Waals surface area contributed by atoms with E-state index >= 15 is 0 Å². The first-order valence-electron chi connectivity index (χ1n) is 9.75. The quantitative estimate of drug-likeness (QED) is 0.196. The fraction of sp³-hybridized carbons (Fsp3) is 1.00. The number of hydrogen-bond acceptors (Lipinski definition) is 3. The highest BCUT2D eigenvalue weighted by atomic mass is 32.2. The van der Waals surface area contributed by atoms with Crippen LogP contribution in [0.15, 0.2) is 0 Å². The number of rotatable bonds is 13. The minimum absolute atomic E-state index is 1.28. The van der Waals surface area contributed by atoms with Gasteiger partial charge in [0.2, 0.25) is 6.17 Å². The molecule has 0 amide bonds. The molecular formula is C17H28F11NO3S. The molecule has 4 nitrogen and oxygen atoms in total. The lowest BCUT2D eigenvalue weighted by molar-refractivity contribution is -0.921. The molecule has 0 aliphatic carbocycles. The number of nitrogens with zero attached hydrogens (tertiary/aromatic N) is 1. The molecule has 7 unspecified atom stereocenters. The third-order valence-electron chi connectivity index (χ3n) is 5.34. The van der Waals surface area contributed by atoms with Gasteiger partial charge in [-0.15, -0.1) is 0 Å². The summed E-state index contributed by atoms with van der Waals surface area (Å²) in [6, 6.07) is 0. The Kier molecular flexibility index (Phi) is 14.4. The molecule has 16 heteroatoms. The first-order valence-corrected chi connectivity index (χ1v) is 11.2. The molecule has 0 aliphatic rings. The van der Waals surface area contributed by atoms with Gasteiger partial charge in [0, 0.05) is 0 Å². The number of alkyl halides is 11. The molecule has 0 N–H and O–H groups in total. The Morgan fingerprint density at radius 1 is 0.667 bits per heavy atom. The van der Waals surface area contributed by atoms with Gasteiger partial charge in [-0.1, -0.05) is 0 Å². The second-order valence-corrected chi connectivity index (χ2v) is 8.45. The van der Waals surface area contributed by atoms with Gasteiger partial charge in [0.1, 0.15) is 10.1 Å². The minimum atomic E-state index is -6.55. The van der Waals surface area contributed by atoms with Gasteiger partial charge in [0.05, 0.1) is 26.2 Å². The van der Waals surface area contributed by atoms with Crippen LogP contribution >= 0.6 is 0 Å². The SMILES string of the molecule is CC[N+](CC)(CC)CC.O=S(=O)([O-])C(F)C(F)(F)C(F)C(F)C(F)C(F)C(F)C(F)C(F)F. The van der Waals surface area contributed by atoms with E-state index in [0.717, 1.165) is 0 Å². The molecular weight excluding hydrogens is 507 g/mol. The fourth-order valence-corrected chi connectivity index (χ4v) is 3.21. The third-order valence-corrected chi connectivity index (χ3v) is 6.17. The van der Waals surface area contributed by atoms with E-state index in [4.69, 9.17) is 0 Å². The molecule has 0 bridgehead atoms. The molecule has 0 aliphatic heterocycles. The van der Waals surface area contributed by atoms with Crippen LogP contribution in [0.4, 0.5) is 48.3 Å². The lowest BCUT2D eigenvalue weighted by Crippen LogP contribution is -2.53. The van der Waals surface area contributed by atoms with Crippen LogP contribution in [0.5, 0.6) is 0 Å². The molecule has 33 heavy (non-hydrogen) atoms. The molecule has 0 saturated heterocycles. The number of halogens is 11. The van der Waals surface area contributed by atoms with Crippen molar-refractivity contribution < 1.29 is 65.7 Å². The van der Waals surface area contributed by atoms with Crippen molar-refractivity contribution >= 4 is 10.1 Å². The molecule has 0 spiro atoms. The zero-order valence-electron chi connectivity index (χ0n) is 18.2. The number of hydrogen-bond donors (Lipinski definition) is 0. The highest BCUT2D eigenvalue weighted by Crippen LogP contribution is 2.36. The van der Waals surface area contributed by atoms with Crippen molar-refractivity contribution in [2.24, 2.45) is 0 Å². The zero-order chi connectivity index (χ0) is 26.9. The van der Waals surface area contributed by atoms with E-state index in [1.165, 1.54) is 30.7 Å².